The van der Waals surface area contributed by atoms with Crippen LogP contribution in [-0.2, 0) is 17.3 Å². The fourth-order valence-corrected chi connectivity index (χ4v) is 1.83. The van der Waals surface area contributed by atoms with Gasteiger partial charge in [0, 0.05) is 5.69 Å². The number of anilines is 1. The van der Waals surface area contributed by atoms with E-state index in [9.17, 15) is 8.42 Å². The number of benzene rings is 1. The van der Waals surface area contributed by atoms with E-state index in [0.717, 1.165) is 23.3 Å². The molecular formula is C9H13NO2S2. The molecule has 0 saturated carbocycles. The smallest absolute Gasteiger partial charge is 0.222 e. The van der Waals surface area contributed by atoms with Crippen molar-refractivity contribution in [2.24, 2.45) is 0 Å². The summed E-state index contributed by atoms with van der Waals surface area (Å²) in [5.74, 6) is 0.758. The van der Waals surface area contributed by atoms with Crippen LogP contribution in [0, 0.1) is 6.92 Å². The topological polar surface area (TPSA) is 46.2 Å². The summed E-state index contributed by atoms with van der Waals surface area (Å²) in [7, 11) is -2.58. The van der Waals surface area contributed by atoms with Gasteiger partial charge in [0.05, 0.1) is 0 Å². The van der Waals surface area contributed by atoms with Gasteiger partial charge in [0.2, 0.25) is 10.9 Å². The Balaban J connectivity index is 2.93. The van der Waals surface area contributed by atoms with E-state index < -0.39 is 10.9 Å². The lowest BCUT2D eigenvalue weighted by Crippen LogP contribution is -1.98. The summed E-state index contributed by atoms with van der Waals surface area (Å²) in [5, 5.41) is 0. The van der Waals surface area contributed by atoms with Gasteiger partial charge in [-0.15, -0.1) is 0 Å². The number of hydrogen-bond donors (Lipinski definition) is 3. The van der Waals surface area contributed by atoms with Gasteiger partial charge in [-0.1, -0.05) is 6.07 Å². The summed E-state index contributed by atoms with van der Waals surface area (Å²) in [6, 6.07) is 5.50. The van der Waals surface area contributed by atoms with Gasteiger partial charge in [0.15, 0.2) is 0 Å². The highest BCUT2D eigenvalue weighted by Gasteiger charge is 1.99. The zero-order valence-corrected chi connectivity index (χ0v) is 9.65. The number of aryl methyl sites for hydroxylation is 2. The van der Waals surface area contributed by atoms with E-state index in [4.69, 9.17) is 0 Å². The van der Waals surface area contributed by atoms with Crippen LogP contribution in [-0.4, -0.2) is 14.2 Å². The van der Waals surface area contributed by atoms with Gasteiger partial charge in [-0.2, -0.15) is 12.6 Å². The quantitative estimate of drug-likeness (QED) is 0.686. The SMILES string of the molecule is Cc1ccc(N[SH](=O)=O)cc1CCS. The molecular weight excluding hydrogens is 218 g/mol. The molecule has 0 aliphatic heterocycles. The van der Waals surface area contributed by atoms with Crippen molar-refractivity contribution in [1.29, 1.82) is 0 Å². The number of rotatable bonds is 4. The Hall–Kier alpha value is -0.680. The van der Waals surface area contributed by atoms with E-state index in [1.54, 1.807) is 6.07 Å². The molecule has 0 saturated heterocycles. The average molecular weight is 231 g/mol. The van der Waals surface area contributed by atoms with Gasteiger partial charge < -0.3 is 0 Å². The van der Waals surface area contributed by atoms with Crippen LogP contribution < -0.4 is 4.72 Å². The number of thiol groups is 2. The van der Waals surface area contributed by atoms with Crippen molar-refractivity contribution in [3.05, 3.63) is 29.3 Å². The standard InChI is InChI=1S/C9H13NO2S2/c1-7-2-3-9(10-14(11)12)6-8(7)4-5-13/h2-3,6,13-14H,4-5H2,1H3,(H,10,11,12). The minimum atomic E-state index is -2.58. The van der Waals surface area contributed by atoms with Crippen molar-refractivity contribution in [2.75, 3.05) is 10.5 Å². The van der Waals surface area contributed by atoms with Crippen LogP contribution >= 0.6 is 12.6 Å². The van der Waals surface area contributed by atoms with Crippen LogP contribution in [0.5, 0.6) is 0 Å². The largest absolute Gasteiger partial charge is 0.286 e. The second-order valence-corrected chi connectivity index (χ2v) is 4.17. The van der Waals surface area contributed by atoms with Gasteiger partial charge in [-0.05, 0) is 42.4 Å². The van der Waals surface area contributed by atoms with Crippen molar-refractivity contribution in [3.63, 3.8) is 0 Å². The Morgan fingerprint density at radius 1 is 1.43 bits per heavy atom. The van der Waals surface area contributed by atoms with Crippen LogP contribution in [0.2, 0.25) is 0 Å². The third-order valence-corrected chi connectivity index (χ3v) is 2.62. The maximum atomic E-state index is 10.4. The lowest BCUT2D eigenvalue weighted by molar-refractivity contribution is 0.619. The molecule has 1 aromatic carbocycles. The molecule has 0 bridgehead atoms. The van der Waals surface area contributed by atoms with E-state index in [0.29, 0.717) is 5.69 Å². The van der Waals surface area contributed by atoms with E-state index >= 15 is 0 Å². The van der Waals surface area contributed by atoms with Crippen LogP contribution in [0.25, 0.3) is 0 Å². The first-order valence-electron chi connectivity index (χ1n) is 4.25. The fourth-order valence-electron chi connectivity index (χ4n) is 1.24. The normalized spacial score (nSPS) is 10.5. The first-order valence-corrected chi connectivity index (χ1v) is 6.06. The highest BCUT2D eigenvalue weighted by Crippen LogP contribution is 2.16. The first-order chi connectivity index (χ1) is 6.63. The molecule has 0 heterocycles. The van der Waals surface area contributed by atoms with Crippen molar-refractivity contribution < 1.29 is 8.42 Å². The Bertz CT molecular complexity index is 380. The Kier molecular flexibility index (Phi) is 4.28. The summed E-state index contributed by atoms with van der Waals surface area (Å²) in [6.45, 7) is 2.00. The summed E-state index contributed by atoms with van der Waals surface area (Å²) < 4.78 is 23.2. The van der Waals surface area contributed by atoms with Gasteiger partial charge in [-0.25, -0.2) is 8.42 Å². The van der Waals surface area contributed by atoms with E-state index in [-0.39, 0.29) is 0 Å². The predicted octanol–water partition coefficient (Wildman–Crippen LogP) is 1.41. The van der Waals surface area contributed by atoms with E-state index in [1.165, 1.54) is 0 Å². The summed E-state index contributed by atoms with van der Waals surface area (Å²) in [4.78, 5) is 0. The molecule has 0 aliphatic carbocycles. The zero-order valence-electron chi connectivity index (χ0n) is 7.86. The molecule has 5 heteroatoms. The van der Waals surface area contributed by atoms with Crippen molar-refractivity contribution in [1.82, 2.24) is 0 Å². The third kappa shape index (κ3) is 3.23. The average Bonchev–Trinajstić information content (AvgIpc) is 2.10. The van der Waals surface area contributed by atoms with Gasteiger partial charge in [-0.3, -0.25) is 4.72 Å². The summed E-state index contributed by atoms with van der Waals surface area (Å²) in [5.41, 5.74) is 2.90. The second kappa shape index (κ2) is 5.26. The lowest BCUT2D eigenvalue weighted by Gasteiger charge is -2.06. The molecule has 0 spiro atoms. The second-order valence-electron chi connectivity index (χ2n) is 2.98. The monoisotopic (exact) mass is 231 g/mol. The molecule has 0 radical (unpaired) electrons. The van der Waals surface area contributed by atoms with E-state index in [1.807, 2.05) is 19.1 Å². The Morgan fingerprint density at radius 3 is 2.71 bits per heavy atom. The number of nitrogens with one attached hydrogen (secondary N) is 1. The molecule has 78 valence electrons. The minimum Gasteiger partial charge on any atom is -0.286 e. The molecule has 0 fully saturated rings. The van der Waals surface area contributed by atoms with Crippen LogP contribution in [0.3, 0.4) is 0 Å². The molecule has 1 rings (SSSR count). The van der Waals surface area contributed by atoms with Crippen LogP contribution in [0.15, 0.2) is 18.2 Å². The lowest BCUT2D eigenvalue weighted by atomic mass is 10.1. The van der Waals surface area contributed by atoms with Crippen molar-refractivity contribution in [2.45, 2.75) is 13.3 Å². The summed E-state index contributed by atoms with van der Waals surface area (Å²) >= 11 is 4.14. The van der Waals surface area contributed by atoms with Gasteiger partial charge in [0.25, 0.3) is 0 Å². The maximum absolute atomic E-state index is 10.4. The molecule has 0 unspecified atom stereocenters. The third-order valence-electron chi connectivity index (χ3n) is 1.95. The van der Waals surface area contributed by atoms with Crippen LogP contribution in [0.1, 0.15) is 11.1 Å². The molecule has 0 aromatic heterocycles. The predicted molar refractivity (Wildman–Crippen MR) is 62.7 cm³/mol. The zero-order chi connectivity index (χ0) is 10.6. The molecule has 0 aliphatic rings. The Labute approximate surface area is 91.0 Å². The molecule has 0 amide bonds. The maximum Gasteiger partial charge on any atom is 0.222 e. The Morgan fingerprint density at radius 2 is 2.14 bits per heavy atom. The van der Waals surface area contributed by atoms with E-state index in [2.05, 4.69) is 17.4 Å². The highest BCUT2D eigenvalue weighted by atomic mass is 32.2. The van der Waals surface area contributed by atoms with Gasteiger partial charge in [0.1, 0.15) is 0 Å². The van der Waals surface area contributed by atoms with Crippen LogP contribution in [0.4, 0.5) is 5.69 Å². The summed E-state index contributed by atoms with van der Waals surface area (Å²) in [6.07, 6.45) is 0.847. The van der Waals surface area contributed by atoms with Crippen molar-refractivity contribution in [3.8, 4) is 0 Å². The molecule has 1 aromatic rings. The first kappa shape index (κ1) is 11.4. The minimum absolute atomic E-state index is 0.614. The molecule has 3 nitrogen and oxygen atoms in total. The van der Waals surface area contributed by atoms with Gasteiger partial charge >= 0.3 is 0 Å². The fraction of sp³-hybridized carbons (Fsp3) is 0.333. The molecule has 0 atom stereocenters. The van der Waals surface area contributed by atoms with Crippen molar-refractivity contribution >= 4 is 29.2 Å². The molecule has 1 N–H and O–H groups in total. The highest BCUT2D eigenvalue weighted by molar-refractivity contribution is 7.80. The molecule has 14 heavy (non-hydrogen) atoms. The number of hydrogen-bond acceptors (Lipinski definition) is 3.